The van der Waals surface area contributed by atoms with Crippen molar-refractivity contribution >= 4 is 11.9 Å². The molecule has 92 valence electrons. The summed E-state index contributed by atoms with van der Waals surface area (Å²) in [6.45, 7) is 1.97. The lowest BCUT2D eigenvalue weighted by Gasteiger charge is -2.00. The second kappa shape index (κ2) is 5.79. The van der Waals surface area contributed by atoms with Gasteiger partial charge in [0.15, 0.2) is 0 Å². The highest BCUT2D eigenvalue weighted by Crippen LogP contribution is 2.13. The van der Waals surface area contributed by atoms with Crippen LogP contribution in [0.15, 0.2) is 60.2 Å². The number of nitrogens with zero attached hydrogens (tertiary/aromatic N) is 1. The third-order valence-corrected chi connectivity index (χ3v) is 2.75. The van der Waals surface area contributed by atoms with Crippen LogP contribution in [0.5, 0.6) is 0 Å². The van der Waals surface area contributed by atoms with Gasteiger partial charge in [0.1, 0.15) is 11.6 Å². The van der Waals surface area contributed by atoms with Gasteiger partial charge in [0.25, 0.3) is 0 Å². The maximum atomic E-state index is 12.2. The predicted molar refractivity (Wildman–Crippen MR) is 75.5 cm³/mol. The first-order chi connectivity index (χ1) is 9.20. The summed E-state index contributed by atoms with van der Waals surface area (Å²) >= 11 is 0. The van der Waals surface area contributed by atoms with E-state index in [-0.39, 0.29) is 11.4 Å². The van der Waals surface area contributed by atoms with E-state index in [9.17, 15) is 4.79 Å². The molecule has 0 bridgehead atoms. The van der Waals surface area contributed by atoms with E-state index in [2.05, 4.69) is 0 Å². The molecule has 0 N–H and O–H groups in total. The zero-order valence-corrected chi connectivity index (χ0v) is 10.6. The Balaban J connectivity index is 2.36. The molecule has 0 spiro atoms. The molecule has 0 atom stereocenters. The lowest BCUT2D eigenvalue weighted by Crippen LogP contribution is -2.01. The van der Waals surface area contributed by atoms with Crippen molar-refractivity contribution in [3.63, 3.8) is 0 Å². The number of carbonyl (C=O) groups is 1. The fourth-order valence-corrected chi connectivity index (χ4v) is 1.82. The molecule has 0 heterocycles. The normalized spacial score (nSPS) is 10.8. The summed E-state index contributed by atoms with van der Waals surface area (Å²) in [6.07, 6.45) is 1.63. The Labute approximate surface area is 112 Å². The summed E-state index contributed by atoms with van der Waals surface area (Å²) in [4.78, 5) is 12.2. The van der Waals surface area contributed by atoms with Crippen molar-refractivity contribution in [2.75, 3.05) is 0 Å². The van der Waals surface area contributed by atoms with E-state index >= 15 is 0 Å². The van der Waals surface area contributed by atoms with Crippen LogP contribution in [0.1, 0.15) is 21.5 Å². The van der Waals surface area contributed by atoms with E-state index in [1.807, 2.05) is 43.3 Å². The van der Waals surface area contributed by atoms with Gasteiger partial charge in [-0.1, -0.05) is 60.2 Å². The van der Waals surface area contributed by atoms with Crippen molar-refractivity contribution in [1.82, 2.24) is 0 Å². The number of allylic oxidation sites excluding steroid dienone is 1. The molecule has 0 fully saturated rings. The Hall–Kier alpha value is -2.66. The second-order valence-corrected chi connectivity index (χ2v) is 4.28. The number of Topliss-reactive ketones (excluding diaryl/α,β-unsaturated/α-hetero) is 1. The molecular formula is C17H13NO. The van der Waals surface area contributed by atoms with Crippen LogP contribution in [-0.4, -0.2) is 5.78 Å². The Kier molecular flexibility index (Phi) is 3.90. The lowest BCUT2D eigenvalue weighted by atomic mass is 10.0. The molecule has 0 aliphatic carbocycles. The molecule has 2 nitrogen and oxygen atoms in total. The zero-order chi connectivity index (χ0) is 13.7. The first-order valence-electron chi connectivity index (χ1n) is 5.99. The molecule has 0 saturated heterocycles. The number of ketones is 1. The van der Waals surface area contributed by atoms with Gasteiger partial charge in [-0.15, -0.1) is 0 Å². The highest BCUT2D eigenvalue weighted by atomic mass is 16.1. The SMILES string of the molecule is Cc1cccc(/C=C(/C#N)C(=O)c2ccccc2)c1. The Morgan fingerprint density at radius 1 is 1.11 bits per heavy atom. The molecule has 2 aromatic rings. The number of benzene rings is 2. The van der Waals surface area contributed by atoms with Crippen molar-refractivity contribution < 1.29 is 4.79 Å². The Bertz CT molecular complexity index is 663. The van der Waals surface area contributed by atoms with Crippen LogP contribution in [-0.2, 0) is 0 Å². The molecule has 19 heavy (non-hydrogen) atoms. The standard InChI is InChI=1S/C17H13NO/c1-13-6-5-7-14(10-13)11-16(12-18)17(19)15-8-3-2-4-9-15/h2-11H,1H3/b16-11-. The number of hydrogen-bond donors (Lipinski definition) is 0. The quantitative estimate of drug-likeness (QED) is 0.470. The van der Waals surface area contributed by atoms with Crippen LogP contribution < -0.4 is 0 Å². The largest absolute Gasteiger partial charge is 0.288 e. The molecule has 0 unspecified atom stereocenters. The van der Waals surface area contributed by atoms with Gasteiger partial charge in [0.05, 0.1) is 0 Å². The summed E-state index contributed by atoms with van der Waals surface area (Å²) in [5.74, 6) is -0.246. The monoisotopic (exact) mass is 247 g/mol. The average Bonchev–Trinajstić information content (AvgIpc) is 2.45. The number of aryl methyl sites for hydroxylation is 1. The molecule has 0 aliphatic heterocycles. The fraction of sp³-hybridized carbons (Fsp3) is 0.0588. The molecule has 0 amide bonds. The molecule has 0 radical (unpaired) electrons. The van der Waals surface area contributed by atoms with Gasteiger partial charge < -0.3 is 0 Å². The predicted octanol–water partition coefficient (Wildman–Crippen LogP) is 3.78. The summed E-state index contributed by atoms with van der Waals surface area (Å²) in [7, 11) is 0. The minimum atomic E-state index is -0.246. The minimum Gasteiger partial charge on any atom is -0.288 e. The second-order valence-electron chi connectivity index (χ2n) is 4.28. The molecule has 2 aromatic carbocycles. The van der Waals surface area contributed by atoms with E-state index < -0.39 is 0 Å². The Morgan fingerprint density at radius 3 is 2.47 bits per heavy atom. The van der Waals surface area contributed by atoms with Crippen LogP contribution in [0.3, 0.4) is 0 Å². The fourth-order valence-electron chi connectivity index (χ4n) is 1.82. The van der Waals surface area contributed by atoms with Crippen LogP contribution >= 0.6 is 0 Å². The molecular weight excluding hydrogens is 234 g/mol. The highest BCUT2D eigenvalue weighted by molar-refractivity contribution is 6.14. The topological polar surface area (TPSA) is 40.9 Å². The van der Waals surface area contributed by atoms with Crippen molar-refractivity contribution in [2.24, 2.45) is 0 Å². The van der Waals surface area contributed by atoms with E-state index in [1.165, 1.54) is 0 Å². The number of rotatable bonds is 3. The molecule has 0 aromatic heterocycles. The minimum absolute atomic E-state index is 0.150. The third-order valence-electron chi connectivity index (χ3n) is 2.75. The van der Waals surface area contributed by atoms with Gasteiger partial charge in [-0.25, -0.2) is 0 Å². The number of hydrogen-bond acceptors (Lipinski definition) is 2. The molecule has 0 saturated carbocycles. The van der Waals surface area contributed by atoms with Gasteiger partial charge in [0.2, 0.25) is 5.78 Å². The van der Waals surface area contributed by atoms with Crippen molar-refractivity contribution in [3.8, 4) is 6.07 Å². The maximum Gasteiger partial charge on any atom is 0.203 e. The lowest BCUT2D eigenvalue weighted by molar-refractivity contribution is 0.104. The van der Waals surface area contributed by atoms with Crippen molar-refractivity contribution in [2.45, 2.75) is 6.92 Å². The number of carbonyl (C=O) groups excluding carboxylic acids is 1. The van der Waals surface area contributed by atoms with Crippen LogP contribution in [0.4, 0.5) is 0 Å². The van der Waals surface area contributed by atoms with E-state index in [0.29, 0.717) is 5.56 Å². The van der Waals surface area contributed by atoms with Crippen molar-refractivity contribution in [1.29, 1.82) is 5.26 Å². The first-order valence-corrected chi connectivity index (χ1v) is 5.99. The van der Waals surface area contributed by atoms with Crippen LogP contribution in [0.2, 0.25) is 0 Å². The summed E-state index contributed by atoms with van der Waals surface area (Å²) < 4.78 is 0. The van der Waals surface area contributed by atoms with E-state index in [1.54, 1.807) is 30.3 Å². The zero-order valence-electron chi connectivity index (χ0n) is 10.6. The third kappa shape index (κ3) is 3.17. The highest BCUT2D eigenvalue weighted by Gasteiger charge is 2.11. The first kappa shape index (κ1) is 12.8. The molecule has 2 heteroatoms. The van der Waals surface area contributed by atoms with Crippen LogP contribution in [0.25, 0.3) is 6.08 Å². The smallest absolute Gasteiger partial charge is 0.203 e. The molecule has 0 aliphatic rings. The van der Waals surface area contributed by atoms with Gasteiger partial charge in [-0.2, -0.15) is 5.26 Å². The van der Waals surface area contributed by atoms with E-state index in [0.717, 1.165) is 11.1 Å². The van der Waals surface area contributed by atoms with Gasteiger partial charge in [-0.3, -0.25) is 4.79 Å². The average molecular weight is 247 g/mol. The van der Waals surface area contributed by atoms with Crippen molar-refractivity contribution in [3.05, 3.63) is 76.9 Å². The van der Waals surface area contributed by atoms with Gasteiger partial charge in [-0.05, 0) is 18.6 Å². The Morgan fingerprint density at radius 2 is 1.84 bits per heavy atom. The van der Waals surface area contributed by atoms with Gasteiger partial charge >= 0.3 is 0 Å². The summed E-state index contributed by atoms with van der Waals surface area (Å²) in [6, 6.07) is 18.5. The van der Waals surface area contributed by atoms with Gasteiger partial charge in [0, 0.05) is 5.56 Å². The number of nitriles is 1. The van der Waals surface area contributed by atoms with E-state index in [4.69, 9.17) is 5.26 Å². The molecule has 2 rings (SSSR count). The maximum absolute atomic E-state index is 12.2. The van der Waals surface area contributed by atoms with Crippen LogP contribution in [0, 0.1) is 18.3 Å². The summed E-state index contributed by atoms with van der Waals surface area (Å²) in [5, 5.41) is 9.15. The summed E-state index contributed by atoms with van der Waals surface area (Å²) in [5.41, 5.74) is 2.64.